The van der Waals surface area contributed by atoms with Crippen LogP contribution in [0.5, 0.6) is 0 Å². The van der Waals surface area contributed by atoms with Gasteiger partial charge in [-0.1, -0.05) is 41.6 Å². The van der Waals surface area contributed by atoms with E-state index < -0.39 is 0 Å². The first-order valence-corrected chi connectivity index (χ1v) is 10.0. The number of carbonyl (C=O) groups is 1. The molecule has 30 heavy (non-hydrogen) atoms. The highest BCUT2D eigenvalue weighted by Crippen LogP contribution is 2.16. The summed E-state index contributed by atoms with van der Waals surface area (Å²) >= 11 is 1.13. The number of benzene rings is 2. The monoisotopic (exact) mass is 424 g/mol. The molecule has 8 nitrogen and oxygen atoms in total. The summed E-state index contributed by atoms with van der Waals surface area (Å²) in [5.74, 6) is -0.410. The molecular formula is C20H17FN6O2S. The van der Waals surface area contributed by atoms with Gasteiger partial charge < -0.3 is 5.32 Å². The Balaban J connectivity index is 1.48. The van der Waals surface area contributed by atoms with Crippen molar-refractivity contribution >= 4 is 29.1 Å². The Morgan fingerprint density at radius 3 is 2.60 bits per heavy atom. The van der Waals surface area contributed by atoms with Crippen LogP contribution in [-0.2, 0) is 11.2 Å². The molecule has 0 unspecified atom stereocenters. The van der Waals surface area contributed by atoms with Gasteiger partial charge >= 0.3 is 0 Å². The minimum atomic E-state index is -0.376. The molecule has 0 saturated carbocycles. The molecule has 0 aliphatic heterocycles. The van der Waals surface area contributed by atoms with Gasteiger partial charge in [-0.2, -0.15) is 9.61 Å². The summed E-state index contributed by atoms with van der Waals surface area (Å²) < 4.78 is 14.4. The van der Waals surface area contributed by atoms with Crippen molar-refractivity contribution in [1.29, 1.82) is 0 Å². The summed E-state index contributed by atoms with van der Waals surface area (Å²) in [7, 11) is 0. The molecule has 10 heteroatoms. The van der Waals surface area contributed by atoms with E-state index in [1.807, 2.05) is 31.2 Å². The number of aromatic amines is 1. The van der Waals surface area contributed by atoms with E-state index in [2.05, 4.69) is 25.6 Å². The zero-order valence-electron chi connectivity index (χ0n) is 15.9. The standard InChI is InChI=1S/C20H17FN6O2S/c1-12-2-4-13(5-3-12)10-16-18(29)23-19-24-25-20(27(19)26-16)30-11-17(28)22-15-8-6-14(21)7-9-15/h2-9H,10-11H2,1H3,(H,22,28)(H,23,24,29). The zero-order chi connectivity index (χ0) is 21.1. The van der Waals surface area contributed by atoms with Crippen molar-refractivity contribution in [2.75, 3.05) is 11.1 Å². The number of rotatable bonds is 6. The molecule has 0 saturated heterocycles. The van der Waals surface area contributed by atoms with E-state index in [4.69, 9.17) is 0 Å². The average molecular weight is 424 g/mol. The second-order valence-electron chi connectivity index (χ2n) is 6.62. The van der Waals surface area contributed by atoms with Crippen molar-refractivity contribution in [3.05, 3.63) is 81.5 Å². The molecule has 0 bridgehead atoms. The van der Waals surface area contributed by atoms with Crippen LogP contribution in [0.25, 0.3) is 5.78 Å². The molecule has 152 valence electrons. The number of anilines is 1. The Kier molecular flexibility index (Phi) is 5.57. The number of aryl methyl sites for hydroxylation is 1. The van der Waals surface area contributed by atoms with E-state index in [1.165, 1.54) is 28.8 Å². The van der Waals surface area contributed by atoms with E-state index in [0.717, 1.165) is 22.9 Å². The molecule has 4 aromatic rings. The highest BCUT2D eigenvalue weighted by atomic mass is 32.2. The number of halogens is 1. The topological polar surface area (TPSA) is 105 Å². The Labute approximate surface area is 174 Å². The van der Waals surface area contributed by atoms with Crippen LogP contribution in [0.15, 0.2) is 58.5 Å². The molecule has 2 N–H and O–H groups in total. The molecule has 0 atom stereocenters. The lowest BCUT2D eigenvalue weighted by molar-refractivity contribution is -0.113. The Morgan fingerprint density at radius 1 is 1.13 bits per heavy atom. The fraction of sp³-hybridized carbons (Fsp3) is 0.150. The summed E-state index contributed by atoms with van der Waals surface area (Å²) in [5.41, 5.74) is 2.58. The summed E-state index contributed by atoms with van der Waals surface area (Å²) in [5, 5.41) is 15.3. The van der Waals surface area contributed by atoms with Gasteiger partial charge in [-0.15, -0.1) is 10.2 Å². The van der Waals surface area contributed by atoms with E-state index >= 15 is 0 Å². The Bertz CT molecular complexity index is 1250. The molecule has 0 aliphatic carbocycles. The predicted octanol–water partition coefficient (Wildman–Crippen LogP) is 2.58. The smallest absolute Gasteiger partial charge is 0.274 e. The van der Waals surface area contributed by atoms with E-state index in [9.17, 15) is 14.0 Å². The predicted molar refractivity (Wildman–Crippen MR) is 111 cm³/mol. The zero-order valence-corrected chi connectivity index (χ0v) is 16.7. The van der Waals surface area contributed by atoms with Crippen molar-refractivity contribution < 1.29 is 9.18 Å². The molecule has 1 amide bonds. The highest BCUT2D eigenvalue weighted by Gasteiger charge is 2.14. The third kappa shape index (κ3) is 4.54. The number of fused-ring (bicyclic) bond motifs is 1. The van der Waals surface area contributed by atoms with Crippen molar-refractivity contribution in [3.63, 3.8) is 0 Å². The maximum Gasteiger partial charge on any atom is 0.274 e. The second kappa shape index (κ2) is 8.46. The second-order valence-corrected chi connectivity index (χ2v) is 7.57. The average Bonchev–Trinajstić information content (AvgIpc) is 3.11. The minimum Gasteiger partial charge on any atom is -0.325 e. The van der Waals surface area contributed by atoms with Crippen molar-refractivity contribution in [2.45, 2.75) is 18.5 Å². The molecule has 0 fully saturated rings. The lowest BCUT2D eigenvalue weighted by Crippen LogP contribution is -2.19. The van der Waals surface area contributed by atoms with Gasteiger partial charge in [0.25, 0.3) is 11.3 Å². The maximum absolute atomic E-state index is 13.0. The quantitative estimate of drug-likeness (QED) is 0.461. The van der Waals surface area contributed by atoms with Crippen LogP contribution >= 0.6 is 11.8 Å². The number of hydrogen-bond acceptors (Lipinski definition) is 6. The molecular weight excluding hydrogens is 407 g/mol. The summed E-state index contributed by atoms with van der Waals surface area (Å²) in [6.45, 7) is 1.99. The molecule has 2 heterocycles. The molecule has 0 aliphatic rings. The van der Waals surface area contributed by atoms with E-state index in [1.54, 1.807) is 0 Å². The number of aromatic nitrogens is 5. The lowest BCUT2D eigenvalue weighted by Gasteiger charge is -2.05. The van der Waals surface area contributed by atoms with Gasteiger partial charge in [0.15, 0.2) is 0 Å². The van der Waals surface area contributed by atoms with Gasteiger partial charge in [0.1, 0.15) is 11.5 Å². The molecule has 2 aromatic carbocycles. The third-order valence-electron chi connectivity index (χ3n) is 4.27. The summed E-state index contributed by atoms with van der Waals surface area (Å²) in [6, 6.07) is 13.3. The number of carbonyl (C=O) groups excluding carboxylic acids is 1. The van der Waals surface area contributed by atoms with Crippen LogP contribution in [0.4, 0.5) is 10.1 Å². The fourth-order valence-corrected chi connectivity index (χ4v) is 3.42. The molecule has 4 rings (SSSR count). The van der Waals surface area contributed by atoms with Crippen LogP contribution in [0.3, 0.4) is 0 Å². The van der Waals surface area contributed by atoms with E-state index in [-0.39, 0.29) is 28.8 Å². The summed E-state index contributed by atoms with van der Waals surface area (Å²) in [4.78, 5) is 27.1. The van der Waals surface area contributed by atoms with Gasteiger partial charge in [0.05, 0.1) is 5.75 Å². The van der Waals surface area contributed by atoms with E-state index in [0.29, 0.717) is 23.0 Å². The number of amides is 1. The van der Waals surface area contributed by atoms with Crippen molar-refractivity contribution in [1.82, 2.24) is 24.8 Å². The highest BCUT2D eigenvalue weighted by molar-refractivity contribution is 7.99. The van der Waals surface area contributed by atoms with Crippen LogP contribution in [-0.4, -0.2) is 36.5 Å². The third-order valence-corrected chi connectivity index (χ3v) is 5.19. The SMILES string of the molecule is Cc1ccc(Cc2nn3c(SCC(=O)Nc4ccc(F)cc4)nnc3[nH]c2=O)cc1. The number of thioether (sulfide) groups is 1. The first-order valence-electron chi connectivity index (χ1n) is 9.06. The van der Waals surface area contributed by atoms with Crippen LogP contribution in [0, 0.1) is 12.7 Å². The Morgan fingerprint density at radius 2 is 1.87 bits per heavy atom. The van der Waals surface area contributed by atoms with Crippen molar-refractivity contribution in [3.8, 4) is 0 Å². The number of H-pyrrole nitrogens is 1. The van der Waals surface area contributed by atoms with Crippen LogP contribution in [0.1, 0.15) is 16.8 Å². The van der Waals surface area contributed by atoms with Gasteiger partial charge in [0, 0.05) is 12.1 Å². The van der Waals surface area contributed by atoms with Gasteiger partial charge in [-0.3, -0.25) is 14.6 Å². The van der Waals surface area contributed by atoms with Crippen LogP contribution < -0.4 is 10.9 Å². The molecule has 2 aromatic heterocycles. The number of nitrogens with one attached hydrogen (secondary N) is 2. The largest absolute Gasteiger partial charge is 0.325 e. The maximum atomic E-state index is 13.0. The molecule has 0 radical (unpaired) electrons. The van der Waals surface area contributed by atoms with Crippen LogP contribution in [0.2, 0.25) is 0 Å². The number of nitrogens with zero attached hydrogens (tertiary/aromatic N) is 4. The normalized spacial score (nSPS) is 11.0. The van der Waals surface area contributed by atoms with Gasteiger partial charge in [0.2, 0.25) is 11.1 Å². The van der Waals surface area contributed by atoms with Crippen molar-refractivity contribution in [2.24, 2.45) is 0 Å². The summed E-state index contributed by atoms with van der Waals surface area (Å²) in [6.07, 6.45) is 0.360. The first kappa shape index (κ1) is 19.8. The number of hydrogen-bond donors (Lipinski definition) is 2. The Hall–Kier alpha value is -3.53. The van der Waals surface area contributed by atoms with Gasteiger partial charge in [-0.25, -0.2) is 4.39 Å². The lowest BCUT2D eigenvalue weighted by atomic mass is 10.1. The first-order chi connectivity index (χ1) is 14.5. The van der Waals surface area contributed by atoms with Gasteiger partial charge in [-0.05, 0) is 36.8 Å². The fourth-order valence-electron chi connectivity index (χ4n) is 2.74. The molecule has 0 spiro atoms. The minimum absolute atomic E-state index is 0.0479.